The summed E-state index contributed by atoms with van der Waals surface area (Å²) < 4.78 is 1.71. The van der Waals surface area contributed by atoms with Crippen molar-refractivity contribution in [2.24, 2.45) is 10.8 Å². The van der Waals surface area contributed by atoms with Crippen molar-refractivity contribution < 1.29 is 4.70 Å². The number of rotatable bonds is 1. The van der Waals surface area contributed by atoms with Crippen molar-refractivity contribution in [3.05, 3.63) is 24.0 Å². The normalized spacial score (nSPS) is 17.8. The molecule has 0 bridgehead atoms. The van der Waals surface area contributed by atoms with Crippen LogP contribution in [0.15, 0.2) is 29.2 Å². The van der Waals surface area contributed by atoms with E-state index in [1.807, 2.05) is 13.1 Å². The molecule has 0 atom stereocenters. The molecule has 1 aliphatic heterocycles. The van der Waals surface area contributed by atoms with Crippen LogP contribution in [0, 0.1) is 0 Å². The van der Waals surface area contributed by atoms with Gasteiger partial charge in [-0.05, 0) is 11.7 Å². The fraction of sp³-hybridized carbons (Fsp3) is 0.333. The minimum absolute atomic E-state index is 0.489. The molecule has 0 aromatic carbocycles. The molecule has 0 saturated carbocycles. The quantitative estimate of drug-likeness (QED) is 0.507. The molecule has 0 radical (unpaired) electrons. The molecule has 0 spiro atoms. The van der Waals surface area contributed by atoms with Gasteiger partial charge in [0.25, 0.3) is 0 Å². The predicted molar refractivity (Wildman–Crippen MR) is 34.9 cm³/mol. The average molecular weight is 124 g/mol. The second kappa shape index (κ2) is 2.11. The van der Waals surface area contributed by atoms with E-state index in [4.69, 9.17) is 5.73 Å². The highest BCUT2D eigenvalue weighted by Gasteiger charge is 2.13. The highest BCUT2D eigenvalue weighted by Crippen LogP contribution is 2.10. The molecule has 0 aliphatic carbocycles. The third kappa shape index (κ3) is 1.05. The van der Waals surface area contributed by atoms with Gasteiger partial charge in [-0.2, -0.15) is 0 Å². The molecule has 0 aromatic heterocycles. The molecule has 1 heterocycles. The lowest BCUT2D eigenvalue weighted by Crippen LogP contribution is -1.99. The topological polar surface area (TPSA) is 41.4 Å². The van der Waals surface area contributed by atoms with Gasteiger partial charge in [0, 0.05) is 12.6 Å². The summed E-state index contributed by atoms with van der Waals surface area (Å²) in [5, 5.41) is 4.06. The van der Waals surface area contributed by atoms with Crippen molar-refractivity contribution in [3.8, 4) is 0 Å². The smallest absolute Gasteiger partial charge is 0.226 e. The van der Waals surface area contributed by atoms with E-state index in [0.717, 1.165) is 11.4 Å². The van der Waals surface area contributed by atoms with E-state index in [0.29, 0.717) is 6.54 Å². The van der Waals surface area contributed by atoms with Gasteiger partial charge in [0.2, 0.25) is 5.70 Å². The number of azo groups is 2. The standard InChI is InChI=1S/C6H10N3/c1-5-3-6(4-7)8-9(5)2/h3H,1,4,7H2,2H3/q+1. The SMILES string of the molecule is C=C1C=C(CN)N=[N+]1C. The number of hydrogen-bond acceptors (Lipinski definition) is 2. The largest absolute Gasteiger partial charge is 0.325 e. The van der Waals surface area contributed by atoms with Gasteiger partial charge in [-0.3, -0.25) is 0 Å². The van der Waals surface area contributed by atoms with Crippen molar-refractivity contribution in [3.63, 3.8) is 0 Å². The van der Waals surface area contributed by atoms with E-state index in [9.17, 15) is 0 Å². The Balaban J connectivity index is 2.83. The maximum absolute atomic E-state index is 5.33. The molecule has 9 heavy (non-hydrogen) atoms. The van der Waals surface area contributed by atoms with Crippen LogP contribution in [0.5, 0.6) is 0 Å². The summed E-state index contributed by atoms with van der Waals surface area (Å²) in [4.78, 5) is 0. The molecule has 0 amide bonds. The van der Waals surface area contributed by atoms with Gasteiger partial charge < -0.3 is 5.73 Å². The van der Waals surface area contributed by atoms with Crippen LogP contribution in [0.3, 0.4) is 0 Å². The van der Waals surface area contributed by atoms with Crippen molar-refractivity contribution >= 4 is 0 Å². The van der Waals surface area contributed by atoms with Gasteiger partial charge in [0.15, 0.2) is 7.05 Å². The van der Waals surface area contributed by atoms with E-state index in [1.165, 1.54) is 0 Å². The second-order valence-corrected chi connectivity index (χ2v) is 1.95. The van der Waals surface area contributed by atoms with Gasteiger partial charge in [0.05, 0.1) is 0 Å². The van der Waals surface area contributed by atoms with E-state index < -0.39 is 0 Å². The predicted octanol–water partition coefficient (Wildman–Crippen LogP) is 0.451. The number of nitrogens with zero attached hydrogens (tertiary/aromatic N) is 2. The van der Waals surface area contributed by atoms with Gasteiger partial charge in [-0.1, -0.05) is 4.70 Å². The van der Waals surface area contributed by atoms with Crippen molar-refractivity contribution in [1.82, 2.24) is 0 Å². The van der Waals surface area contributed by atoms with E-state index in [1.54, 1.807) is 4.70 Å². The monoisotopic (exact) mass is 124 g/mol. The summed E-state index contributed by atoms with van der Waals surface area (Å²) in [7, 11) is 1.85. The van der Waals surface area contributed by atoms with Crippen molar-refractivity contribution in [1.29, 1.82) is 0 Å². The Morgan fingerprint density at radius 2 is 2.56 bits per heavy atom. The minimum Gasteiger partial charge on any atom is -0.325 e. The Hall–Kier alpha value is -0.960. The third-order valence-electron chi connectivity index (χ3n) is 1.24. The van der Waals surface area contributed by atoms with Crippen molar-refractivity contribution in [2.45, 2.75) is 0 Å². The maximum Gasteiger partial charge on any atom is 0.226 e. The molecule has 48 valence electrons. The van der Waals surface area contributed by atoms with Gasteiger partial charge in [-0.25, -0.2) is 0 Å². The van der Waals surface area contributed by atoms with E-state index in [2.05, 4.69) is 11.7 Å². The summed E-state index contributed by atoms with van der Waals surface area (Å²) in [6, 6.07) is 0. The van der Waals surface area contributed by atoms with Gasteiger partial charge >= 0.3 is 0 Å². The number of likely N-dealkylation sites (N-methyl/N-ethyl adjacent to an activating group) is 1. The average Bonchev–Trinajstić information content (AvgIpc) is 2.13. The zero-order chi connectivity index (χ0) is 6.85. The number of allylic oxidation sites excluding steroid dienone is 1. The summed E-state index contributed by atoms with van der Waals surface area (Å²) in [5.74, 6) is 0. The molecule has 0 saturated heterocycles. The van der Waals surface area contributed by atoms with E-state index in [-0.39, 0.29) is 0 Å². The summed E-state index contributed by atoms with van der Waals surface area (Å²) in [6.07, 6.45) is 1.88. The molecule has 1 rings (SSSR count). The Kier molecular flexibility index (Phi) is 1.44. The number of nitrogens with two attached hydrogens (primary N) is 1. The van der Waals surface area contributed by atoms with Crippen LogP contribution < -0.4 is 5.73 Å². The first-order valence-corrected chi connectivity index (χ1v) is 2.79. The maximum atomic E-state index is 5.33. The first-order chi connectivity index (χ1) is 4.24. The first-order valence-electron chi connectivity index (χ1n) is 2.79. The second-order valence-electron chi connectivity index (χ2n) is 1.95. The molecular weight excluding hydrogens is 114 g/mol. The van der Waals surface area contributed by atoms with Crippen LogP contribution in [0.4, 0.5) is 0 Å². The summed E-state index contributed by atoms with van der Waals surface area (Å²) in [5.41, 5.74) is 7.12. The molecule has 0 aromatic rings. The Labute approximate surface area is 54.2 Å². The molecule has 0 unspecified atom stereocenters. The first kappa shape index (κ1) is 6.16. The van der Waals surface area contributed by atoms with Gasteiger partial charge in [0.1, 0.15) is 5.70 Å². The van der Waals surface area contributed by atoms with Crippen LogP contribution >= 0.6 is 0 Å². The lowest BCUT2D eigenvalue weighted by Gasteiger charge is -1.79. The molecule has 1 aliphatic rings. The molecule has 3 heteroatoms. The summed E-state index contributed by atoms with van der Waals surface area (Å²) >= 11 is 0. The van der Waals surface area contributed by atoms with Crippen LogP contribution in [0.2, 0.25) is 0 Å². The Morgan fingerprint density at radius 3 is 2.78 bits per heavy atom. The highest BCUT2D eigenvalue weighted by atomic mass is 15.3. The number of hydrogen-bond donors (Lipinski definition) is 1. The molecule has 0 fully saturated rings. The van der Waals surface area contributed by atoms with Crippen LogP contribution in [0.1, 0.15) is 0 Å². The van der Waals surface area contributed by atoms with Crippen LogP contribution in [0.25, 0.3) is 0 Å². The van der Waals surface area contributed by atoms with Crippen molar-refractivity contribution in [2.75, 3.05) is 13.6 Å². The third-order valence-corrected chi connectivity index (χ3v) is 1.24. The summed E-state index contributed by atoms with van der Waals surface area (Å²) in [6.45, 7) is 4.22. The van der Waals surface area contributed by atoms with E-state index >= 15 is 0 Å². The highest BCUT2D eigenvalue weighted by molar-refractivity contribution is 5.16. The van der Waals surface area contributed by atoms with Crippen LogP contribution in [-0.2, 0) is 0 Å². The lowest BCUT2D eigenvalue weighted by molar-refractivity contribution is -0.503. The molecule has 3 nitrogen and oxygen atoms in total. The Bertz CT molecular complexity index is 200. The van der Waals surface area contributed by atoms with Gasteiger partial charge in [-0.15, -0.1) is 0 Å². The molecular formula is C6H10N3+. The zero-order valence-corrected chi connectivity index (χ0v) is 5.46. The molecule has 2 N–H and O–H groups in total. The Morgan fingerprint density at radius 1 is 1.89 bits per heavy atom. The fourth-order valence-electron chi connectivity index (χ4n) is 0.671. The minimum atomic E-state index is 0.489. The van der Waals surface area contributed by atoms with Crippen LogP contribution in [-0.4, -0.2) is 18.3 Å². The fourth-order valence-corrected chi connectivity index (χ4v) is 0.671. The lowest BCUT2D eigenvalue weighted by atomic mass is 10.4. The zero-order valence-electron chi connectivity index (χ0n) is 5.46.